The molecule has 0 radical (unpaired) electrons. The molecule has 2 aromatic rings. The Balaban J connectivity index is 0.000000960. The van der Waals surface area contributed by atoms with E-state index in [-0.39, 0.29) is 37.2 Å². The zero-order chi connectivity index (χ0) is 14.1. The molecule has 0 saturated heterocycles. The molecule has 1 unspecified atom stereocenters. The van der Waals surface area contributed by atoms with Gasteiger partial charge in [0.1, 0.15) is 0 Å². The maximum absolute atomic E-state index is 2.47. The summed E-state index contributed by atoms with van der Waals surface area (Å²) < 4.78 is 3.39. The first kappa shape index (κ1) is 21.5. The minimum absolute atomic E-state index is 0. The molecule has 0 heterocycles. The Morgan fingerprint density at radius 1 is 0.833 bits per heavy atom. The van der Waals surface area contributed by atoms with Crippen LogP contribution in [-0.2, 0) is 23.2 Å². The molecule has 4 rings (SSSR count). The molecule has 0 nitrogen and oxygen atoms in total. The van der Waals surface area contributed by atoms with Gasteiger partial charge >= 0.3 is 138 Å². The van der Waals surface area contributed by atoms with Crippen LogP contribution >= 0.6 is 0 Å². The number of halogens is 3. The molecule has 2 aromatic carbocycles. The molecule has 4 heteroatoms. The number of allylic oxidation sites excluding steroid dienone is 5. The van der Waals surface area contributed by atoms with Crippen LogP contribution in [0.5, 0.6) is 0 Å². The van der Waals surface area contributed by atoms with Crippen molar-refractivity contribution >= 4 is 6.08 Å². The van der Waals surface area contributed by atoms with Crippen molar-refractivity contribution in [2.24, 2.45) is 0 Å². The summed E-state index contributed by atoms with van der Waals surface area (Å²) in [5.74, 6) is 0.496. The number of fused-ring (bicyclic) bond motifs is 1. The molecular weight excluding hydrogens is 438 g/mol. The second-order valence-electron chi connectivity index (χ2n) is 5.52. The van der Waals surface area contributed by atoms with Crippen molar-refractivity contribution in [3.63, 3.8) is 0 Å². The van der Waals surface area contributed by atoms with Crippen molar-refractivity contribution < 1.29 is 60.5 Å². The Labute approximate surface area is 173 Å². The van der Waals surface area contributed by atoms with Gasteiger partial charge in [-0.25, -0.2) is 0 Å². The van der Waals surface area contributed by atoms with Crippen LogP contribution < -0.4 is 37.2 Å². The summed E-state index contributed by atoms with van der Waals surface area (Å²) in [6.07, 6.45) is 10.5. The monoisotopic (exact) mass is 451 g/mol. The summed E-state index contributed by atoms with van der Waals surface area (Å²) >= 11 is -0.648. The first-order valence-corrected chi connectivity index (χ1v) is 9.86. The smallest absolute Gasteiger partial charge is 1.00 e. The third-order valence-electron chi connectivity index (χ3n) is 4.14. The molecule has 2 aliphatic carbocycles. The van der Waals surface area contributed by atoms with Crippen LogP contribution in [0.1, 0.15) is 29.0 Å². The van der Waals surface area contributed by atoms with E-state index in [1.807, 2.05) is 0 Å². The average molecular weight is 454 g/mol. The third kappa shape index (κ3) is 4.33. The van der Waals surface area contributed by atoms with Gasteiger partial charge in [-0.3, -0.25) is 0 Å². The van der Waals surface area contributed by atoms with Gasteiger partial charge in [-0.1, -0.05) is 0 Å². The molecular formula is C20H16Cl3Zr. The van der Waals surface area contributed by atoms with E-state index in [1.54, 1.807) is 6.56 Å². The van der Waals surface area contributed by atoms with Crippen LogP contribution in [0.4, 0.5) is 0 Å². The Morgan fingerprint density at radius 3 is 2.25 bits per heavy atom. The van der Waals surface area contributed by atoms with Crippen molar-refractivity contribution in [3.8, 4) is 0 Å². The summed E-state index contributed by atoms with van der Waals surface area (Å²) in [5, 5.41) is 0. The average Bonchev–Trinajstić information content (AvgIpc) is 3.15. The fourth-order valence-corrected chi connectivity index (χ4v) is 6.76. The molecule has 0 N–H and O–H groups in total. The number of benzene rings is 2. The van der Waals surface area contributed by atoms with Gasteiger partial charge in [0.25, 0.3) is 0 Å². The number of rotatable bonds is 3. The Bertz CT molecular complexity index is 763. The SMILES string of the molecule is C1=CC[C]([Zr+3][C]2=Cc3ccccc3C2c2ccccc2)=C1.[Cl-].[Cl-].[Cl-]. The first-order chi connectivity index (χ1) is 10.4. The maximum atomic E-state index is 2.47. The van der Waals surface area contributed by atoms with E-state index in [1.165, 1.54) is 23.1 Å². The molecule has 24 heavy (non-hydrogen) atoms. The number of hydrogen-bond acceptors (Lipinski definition) is 0. The van der Waals surface area contributed by atoms with Crippen molar-refractivity contribution in [2.75, 3.05) is 0 Å². The van der Waals surface area contributed by atoms with E-state index < -0.39 is 23.2 Å². The molecule has 0 saturated carbocycles. The standard InChI is InChI=1S/C15H11.C5H5.3ClH.Zr/c1-2-6-12(7-3-1)15-11-10-13-8-4-5-9-14(13)15;1-2-4-5-3-1;;;;/h1-10,15H;1-3H,4H2;3*1H;/q;;;;;+3/p-3. The van der Waals surface area contributed by atoms with E-state index in [9.17, 15) is 0 Å². The summed E-state index contributed by atoms with van der Waals surface area (Å²) in [7, 11) is 0. The number of hydrogen-bond donors (Lipinski definition) is 0. The fourth-order valence-electron chi connectivity index (χ4n) is 3.16. The van der Waals surface area contributed by atoms with Gasteiger partial charge in [0, 0.05) is 0 Å². The van der Waals surface area contributed by atoms with Crippen molar-refractivity contribution in [1.29, 1.82) is 0 Å². The van der Waals surface area contributed by atoms with Crippen LogP contribution in [0.3, 0.4) is 0 Å². The Kier molecular flexibility index (Phi) is 8.74. The molecule has 121 valence electrons. The van der Waals surface area contributed by atoms with Crippen LogP contribution in [0.25, 0.3) is 6.08 Å². The Morgan fingerprint density at radius 2 is 1.54 bits per heavy atom. The predicted octanol–water partition coefficient (Wildman–Crippen LogP) is -3.89. The van der Waals surface area contributed by atoms with Gasteiger partial charge in [0.15, 0.2) is 0 Å². The van der Waals surface area contributed by atoms with Crippen molar-refractivity contribution in [1.82, 2.24) is 0 Å². The van der Waals surface area contributed by atoms with E-state index in [0.717, 1.165) is 0 Å². The molecule has 0 fully saturated rings. The van der Waals surface area contributed by atoms with Gasteiger partial charge < -0.3 is 37.2 Å². The van der Waals surface area contributed by atoms with E-state index in [4.69, 9.17) is 0 Å². The van der Waals surface area contributed by atoms with Gasteiger partial charge in [0.2, 0.25) is 0 Å². The fraction of sp³-hybridized carbons (Fsp3) is 0.100. The minimum atomic E-state index is -0.648. The summed E-state index contributed by atoms with van der Waals surface area (Å²) in [4.78, 5) is 0. The summed E-state index contributed by atoms with van der Waals surface area (Å²) in [5.41, 5.74) is 4.36. The van der Waals surface area contributed by atoms with Crippen molar-refractivity contribution in [2.45, 2.75) is 12.3 Å². The van der Waals surface area contributed by atoms with E-state index in [0.29, 0.717) is 5.92 Å². The van der Waals surface area contributed by atoms with Crippen LogP contribution in [0.2, 0.25) is 0 Å². The summed E-state index contributed by atoms with van der Waals surface area (Å²) in [6, 6.07) is 19.9. The first-order valence-electron chi connectivity index (χ1n) is 7.40. The second-order valence-corrected chi connectivity index (χ2v) is 9.13. The van der Waals surface area contributed by atoms with Crippen LogP contribution in [0.15, 0.2) is 79.4 Å². The van der Waals surface area contributed by atoms with Crippen LogP contribution in [-0.4, -0.2) is 0 Å². The molecule has 1 atom stereocenters. The minimum Gasteiger partial charge on any atom is -1.00 e. The molecule has 0 aromatic heterocycles. The zero-order valence-electron chi connectivity index (χ0n) is 12.9. The van der Waals surface area contributed by atoms with E-state index in [2.05, 4.69) is 78.9 Å². The second kappa shape index (κ2) is 9.78. The Hall–Kier alpha value is -0.587. The molecule has 0 bridgehead atoms. The molecule has 0 amide bonds. The van der Waals surface area contributed by atoms with Gasteiger partial charge in [-0.15, -0.1) is 0 Å². The maximum Gasteiger partial charge on any atom is -1.00 e. The molecule has 0 spiro atoms. The van der Waals surface area contributed by atoms with Gasteiger partial charge in [0.05, 0.1) is 0 Å². The quantitative estimate of drug-likeness (QED) is 0.446. The van der Waals surface area contributed by atoms with Crippen molar-refractivity contribution in [3.05, 3.63) is 96.1 Å². The largest absolute Gasteiger partial charge is 1.00 e. The van der Waals surface area contributed by atoms with E-state index >= 15 is 0 Å². The predicted molar refractivity (Wildman–Crippen MR) is 84.5 cm³/mol. The summed E-state index contributed by atoms with van der Waals surface area (Å²) in [6.45, 7) is 0. The van der Waals surface area contributed by atoms with Gasteiger partial charge in [-0.2, -0.15) is 0 Å². The third-order valence-corrected chi connectivity index (χ3v) is 7.61. The zero-order valence-corrected chi connectivity index (χ0v) is 17.6. The normalized spacial score (nSPS) is 16.6. The molecule has 0 aliphatic heterocycles. The topological polar surface area (TPSA) is 0 Å². The van der Waals surface area contributed by atoms with Gasteiger partial charge in [-0.05, 0) is 0 Å². The van der Waals surface area contributed by atoms with Crippen LogP contribution in [0, 0.1) is 0 Å². The molecule has 2 aliphatic rings.